The first-order chi connectivity index (χ1) is 19.9. The highest BCUT2D eigenvalue weighted by molar-refractivity contribution is 5.91. The first kappa shape index (κ1) is 28.5. The normalized spacial score (nSPS) is 17.8. The minimum absolute atomic E-state index is 0.104. The molecule has 0 aliphatic carbocycles. The van der Waals surface area contributed by atoms with Gasteiger partial charge in [0, 0.05) is 35.7 Å². The Balaban J connectivity index is 1.32. The largest absolute Gasteiger partial charge is 0.496 e. The Bertz CT molecular complexity index is 1490. The maximum absolute atomic E-state index is 13.4. The second-order valence-corrected chi connectivity index (χ2v) is 10.8. The Hall–Kier alpha value is -4.05. The quantitative estimate of drug-likeness (QED) is 0.162. The van der Waals surface area contributed by atoms with Crippen LogP contribution in [0.4, 0.5) is 0 Å². The van der Waals surface area contributed by atoms with Crippen LogP contribution in [0.2, 0.25) is 0 Å². The molecule has 1 amide bonds. The first-order valence-electron chi connectivity index (χ1n) is 14.2. The molecule has 1 saturated heterocycles. The van der Waals surface area contributed by atoms with Crippen LogP contribution in [-0.2, 0) is 9.53 Å². The van der Waals surface area contributed by atoms with E-state index in [0.29, 0.717) is 43.9 Å². The third kappa shape index (κ3) is 6.65. The number of oxazole rings is 1. The van der Waals surface area contributed by atoms with Gasteiger partial charge in [0.1, 0.15) is 23.4 Å². The van der Waals surface area contributed by atoms with Crippen LogP contribution in [0.15, 0.2) is 47.3 Å². The van der Waals surface area contributed by atoms with Crippen LogP contribution in [0.25, 0.3) is 22.2 Å². The topological polar surface area (TPSA) is 132 Å². The van der Waals surface area contributed by atoms with Crippen molar-refractivity contribution in [1.82, 2.24) is 25.3 Å². The fourth-order valence-corrected chi connectivity index (χ4v) is 5.26. The van der Waals surface area contributed by atoms with Gasteiger partial charge >= 0.3 is 0 Å². The van der Waals surface area contributed by atoms with Crippen molar-refractivity contribution in [2.24, 2.45) is 0 Å². The number of imidazole rings is 1. The van der Waals surface area contributed by atoms with Gasteiger partial charge in [-0.15, -0.1) is 0 Å². The van der Waals surface area contributed by atoms with Crippen LogP contribution >= 0.6 is 0 Å². The highest BCUT2D eigenvalue weighted by Gasteiger charge is 2.37. The smallest absolute Gasteiger partial charge is 0.263 e. The Kier molecular flexibility index (Phi) is 8.78. The zero-order valence-electron chi connectivity index (χ0n) is 23.9. The molecule has 1 aliphatic rings. The lowest BCUT2D eigenvalue weighted by Crippen LogP contribution is -2.49. The van der Waals surface area contributed by atoms with Crippen molar-refractivity contribution in [3.05, 3.63) is 60.3 Å². The van der Waals surface area contributed by atoms with Gasteiger partial charge in [-0.2, -0.15) is 0 Å². The summed E-state index contributed by atoms with van der Waals surface area (Å²) in [6, 6.07) is 7.64. The summed E-state index contributed by atoms with van der Waals surface area (Å²) in [6.45, 7) is 4.40. The molecule has 10 heteroatoms. The number of methoxy groups -OCH3 is 1. The van der Waals surface area contributed by atoms with Crippen LogP contribution in [0, 0.1) is 6.92 Å². The van der Waals surface area contributed by atoms with Crippen molar-refractivity contribution >= 4 is 22.6 Å². The van der Waals surface area contributed by atoms with Crippen molar-refractivity contribution in [1.29, 1.82) is 0 Å². The first-order valence-corrected chi connectivity index (χ1v) is 14.2. The predicted octanol–water partition coefficient (Wildman–Crippen LogP) is 5.88. The van der Waals surface area contributed by atoms with Crippen molar-refractivity contribution in [3.63, 3.8) is 0 Å². The van der Waals surface area contributed by atoms with Crippen LogP contribution in [0.3, 0.4) is 0 Å². The fraction of sp³-hybridized carbons (Fsp3) is 0.452. The monoisotopic (exact) mass is 559 g/mol. The number of rotatable bonds is 12. The van der Waals surface area contributed by atoms with Gasteiger partial charge in [-0.25, -0.2) is 9.97 Å². The summed E-state index contributed by atoms with van der Waals surface area (Å²) in [4.78, 5) is 42.3. The number of benzene rings is 1. The number of aromatic amines is 1. The minimum atomic E-state index is -0.860. The van der Waals surface area contributed by atoms with E-state index in [9.17, 15) is 9.59 Å². The molecule has 4 heterocycles. The maximum Gasteiger partial charge on any atom is 0.263 e. The molecule has 216 valence electrons. The van der Waals surface area contributed by atoms with Crippen LogP contribution in [-0.4, -0.2) is 50.9 Å². The highest BCUT2D eigenvalue weighted by Crippen LogP contribution is 2.34. The van der Waals surface area contributed by atoms with Gasteiger partial charge in [-0.1, -0.05) is 18.9 Å². The molecule has 1 unspecified atom stereocenters. The molecule has 0 radical (unpaired) electrons. The van der Waals surface area contributed by atoms with Gasteiger partial charge in [0.25, 0.3) is 11.8 Å². The highest BCUT2D eigenvalue weighted by atomic mass is 16.5. The number of aromatic nitrogens is 4. The predicted molar refractivity (Wildman–Crippen MR) is 154 cm³/mol. The summed E-state index contributed by atoms with van der Waals surface area (Å²) in [5, 5.41) is 4.20. The molecule has 10 nitrogen and oxygen atoms in total. The number of pyridine rings is 1. The number of Topliss-reactive ketones (excluding diaryl/α,β-unsaturated/α-hetero) is 1. The van der Waals surface area contributed by atoms with E-state index in [2.05, 4.69) is 25.3 Å². The minimum Gasteiger partial charge on any atom is -0.496 e. The third-order valence-corrected chi connectivity index (χ3v) is 7.69. The molecule has 2 N–H and O–H groups in total. The number of aryl methyl sites for hydroxylation is 1. The van der Waals surface area contributed by atoms with Crippen molar-refractivity contribution in [2.75, 3.05) is 13.7 Å². The summed E-state index contributed by atoms with van der Waals surface area (Å²) in [6.07, 6.45) is 10.6. The zero-order valence-corrected chi connectivity index (χ0v) is 23.9. The molecule has 4 aromatic rings. The maximum atomic E-state index is 13.4. The van der Waals surface area contributed by atoms with Gasteiger partial charge < -0.3 is 24.2 Å². The molecular formula is C31H37N5O5. The second-order valence-electron chi connectivity index (χ2n) is 10.8. The third-order valence-electron chi connectivity index (χ3n) is 7.69. The molecule has 1 aliphatic heterocycles. The van der Waals surface area contributed by atoms with Gasteiger partial charge in [0.15, 0.2) is 0 Å². The molecule has 41 heavy (non-hydrogen) atoms. The number of carbonyl (C=O) groups excluding carboxylic acids is 2. The van der Waals surface area contributed by atoms with E-state index in [1.807, 2.05) is 38.1 Å². The van der Waals surface area contributed by atoms with Crippen molar-refractivity contribution in [2.45, 2.75) is 76.9 Å². The van der Waals surface area contributed by atoms with Gasteiger partial charge in [0.2, 0.25) is 5.78 Å². The van der Waals surface area contributed by atoms with E-state index >= 15 is 0 Å². The number of carbonyl (C=O) groups is 2. The number of ketones is 1. The molecule has 1 fully saturated rings. The lowest BCUT2D eigenvalue weighted by Gasteiger charge is -2.33. The summed E-state index contributed by atoms with van der Waals surface area (Å²) in [5.41, 5.74) is 2.59. The van der Waals surface area contributed by atoms with Gasteiger partial charge in [0.05, 0.1) is 36.8 Å². The number of hydrogen-bond donors (Lipinski definition) is 2. The van der Waals surface area contributed by atoms with Crippen LogP contribution < -0.4 is 10.1 Å². The van der Waals surface area contributed by atoms with E-state index in [-0.39, 0.29) is 23.6 Å². The molecule has 5 rings (SSSR count). The molecule has 1 aromatic carbocycles. The summed E-state index contributed by atoms with van der Waals surface area (Å²) < 4.78 is 16.7. The summed E-state index contributed by atoms with van der Waals surface area (Å²) in [7, 11) is 1.64. The number of fused-ring (bicyclic) bond motifs is 1. The lowest BCUT2D eigenvalue weighted by atomic mass is 9.94. The summed E-state index contributed by atoms with van der Waals surface area (Å²) >= 11 is 0. The standard InChI is InChI=1S/C31H37N5O5/c1-20-11-12-21-17-22(27(39-3)18-24(21)34-20)25-19-33-28(35-25)23(36-30(38)31(2)13-7-8-15-41-31)9-5-4-6-10-26(37)29-32-14-16-40-29/h11-12,14,16-19,23H,4-10,13,15H2,1-3H3,(H,33,35)(H,36,38)/t23-,31?/m0/s1. The number of nitrogens with zero attached hydrogens (tertiary/aromatic N) is 3. The molecule has 0 spiro atoms. The van der Waals surface area contributed by atoms with Gasteiger partial charge in [-0.3, -0.25) is 14.6 Å². The number of nitrogens with one attached hydrogen (secondary N) is 2. The average Bonchev–Trinajstić information content (AvgIpc) is 3.69. The Morgan fingerprint density at radius 1 is 1.17 bits per heavy atom. The molecule has 0 bridgehead atoms. The fourth-order valence-electron chi connectivity index (χ4n) is 5.26. The zero-order chi connectivity index (χ0) is 28.8. The molecule has 2 atom stereocenters. The van der Waals surface area contributed by atoms with Crippen molar-refractivity contribution in [3.8, 4) is 17.0 Å². The number of H-pyrrole nitrogens is 1. The number of hydrogen-bond acceptors (Lipinski definition) is 8. The molecular weight excluding hydrogens is 522 g/mol. The van der Waals surface area contributed by atoms with Gasteiger partial charge in [-0.05, 0) is 58.1 Å². The van der Waals surface area contributed by atoms with Crippen LogP contribution in [0.5, 0.6) is 5.75 Å². The number of ether oxygens (including phenoxy) is 2. The number of unbranched alkanes of at least 4 members (excludes halogenated alkanes) is 2. The van der Waals surface area contributed by atoms with E-state index in [1.54, 1.807) is 13.3 Å². The SMILES string of the molecule is COc1cc2nc(C)ccc2cc1-c1cnc([C@H](CCCCCC(=O)c2ncco2)NC(=O)C2(C)CCCCO2)[nH]1. The van der Waals surface area contributed by atoms with E-state index in [1.165, 1.54) is 12.5 Å². The van der Waals surface area contributed by atoms with E-state index in [0.717, 1.165) is 53.5 Å². The number of amides is 1. The van der Waals surface area contributed by atoms with E-state index in [4.69, 9.17) is 13.9 Å². The molecule has 0 saturated carbocycles. The molecule has 3 aromatic heterocycles. The lowest BCUT2D eigenvalue weighted by molar-refractivity contribution is -0.151. The second kappa shape index (κ2) is 12.6. The van der Waals surface area contributed by atoms with E-state index < -0.39 is 5.60 Å². The summed E-state index contributed by atoms with van der Waals surface area (Å²) in [5.74, 6) is 1.25. The van der Waals surface area contributed by atoms with Crippen LogP contribution in [0.1, 0.15) is 86.5 Å². The van der Waals surface area contributed by atoms with Crippen molar-refractivity contribution < 1.29 is 23.5 Å². The Morgan fingerprint density at radius 3 is 2.80 bits per heavy atom. The average molecular weight is 560 g/mol. The Labute approximate surface area is 239 Å². The Morgan fingerprint density at radius 2 is 2.05 bits per heavy atom.